The number of rotatable bonds is 3. The summed E-state index contributed by atoms with van der Waals surface area (Å²) in [6.45, 7) is 1.87. The molecule has 0 bridgehead atoms. The Morgan fingerprint density at radius 3 is 3.15 bits per heavy atom. The van der Waals surface area contributed by atoms with E-state index in [0.29, 0.717) is 6.04 Å². The predicted octanol–water partition coefficient (Wildman–Crippen LogP) is 1.43. The van der Waals surface area contributed by atoms with Crippen molar-refractivity contribution >= 4 is 22.6 Å². The first-order valence-corrected chi connectivity index (χ1v) is 5.41. The molecule has 1 aromatic rings. The Balaban J connectivity index is 1.89. The van der Waals surface area contributed by atoms with Crippen molar-refractivity contribution in [1.29, 1.82) is 0 Å². The van der Waals surface area contributed by atoms with Crippen LogP contribution in [0.2, 0.25) is 0 Å². The lowest BCUT2D eigenvalue weighted by Gasteiger charge is -2.27. The van der Waals surface area contributed by atoms with E-state index in [2.05, 4.69) is 32.9 Å². The van der Waals surface area contributed by atoms with Gasteiger partial charge in [0.15, 0.2) is 5.75 Å². The molecule has 0 amide bonds. The Labute approximate surface area is 91.0 Å². The molecule has 1 N–H and O–H groups in total. The van der Waals surface area contributed by atoms with Crippen LogP contribution in [0.4, 0.5) is 0 Å². The summed E-state index contributed by atoms with van der Waals surface area (Å²) in [5, 5.41) is 3.29. The number of hydrogen-bond donors (Lipinski definition) is 1. The second kappa shape index (κ2) is 4.23. The molecular weight excluding hydrogens is 279 g/mol. The van der Waals surface area contributed by atoms with Crippen LogP contribution < -0.4 is 10.1 Å². The number of aromatic nitrogens is 1. The SMILES string of the molecule is Ic1ncccc1OC[C@@H]1CCN1. The van der Waals surface area contributed by atoms with E-state index < -0.39 is 0 Å². The van der Waals surface area contributed by atoms with Crippen molar-refractivity contribution in [2.24, 2.45) is 0 Å². The first kappa shape index (κ1) is 9.21. The maximum absolute atomic E-state index is 5.61. The molecule has 1 aromatic heterocycles. The van der Waals surface area contributed by atoms with Gasteiger partial charge in [-0.3, -0.25) is 0 Å². The van der Waals surface area contributed by atoms with Crippen LogP contribution in [0.15, 0.2) is 18.3 Å². The first-order valence-electron chi connectivity index (χ1n) is 4.33. The number of halogens is 1. The summed E-state index contributed by atoms with van der Waals surface area (Å²) >= 11 is 2.18. The molecule has 13 heavy (non-hydrogen) atoms. The normalized spacial score (nSPS) is 20.8. The van der Waals surface area contributed by atoms with Gasteiger partial charge in [-0.25, -0.2) is 4.98 Å². The molecule has 2 heterocycles. The van der Waals surface area contributed by atoms with Gasteiger partial charge < -0.3 is 10.1 Å². The average Bonchev–Trinajstić information content (AvgIpc) is 2.05. The lowest BCUT2D eigenvalue weighted by molar-refractivity contribution is 0.215. The van der Waals surface area contributed by atoms with Gasteiger partial charge in [0.1, 0.15) is 10.3 Å². The highest BCUT2D eigenvalue weighted by Crippen LogP contribution is 2.17. The molecule has 1 fully saturated rings. The number of pyridine rings is 1. The minimum atomic E-state index is 0.538. The molecule has 1 aliphatic rings. The van der Waals surface area contributed by atoms with Gasteiger partial charge in [-0.05, 0) is 47.7 Å². The van der Waals surface area contributed by atoms with E-state index in [1.165, 1.54) is 6.42 Å². The van der Waals surface area contributed by atoms with E-state index in [-0.39, 0.29) is 0 Å². The summed E-state index contributed by atoms with van der Waals surface area (Å²) in [6.07, 6.45) is 2.99. The third-order valence-corrected chi connectivity index (χ3v) is 2.90. The Kier molecular flexibility index (Phi) is 3.00. The van der Waals surface area contributed by atoms with Crippen molar-refractivity contribution in [2.45, 2.75) is 12.5 Å². The summed E-state index contributed by atoms with van der Waals surface area (Å²) in [7, 11) is 0. The Morgan fingerprint density at radius 1 is 1.69 bits per heavy atom. The Bertz CT molecular complexity index is 289. The van der Waals surface area contributed by atoms with Crippen molar-refractivity contribution in [3.05, 3.63) is 22.0 Å². The summed E-state index contributed by atoms with van der Waals surface area (Å²) in [5.74, 6) is 0.886. The molecule has 0 aromatic carbocycles. The lowest BCUT2D eigenvalue weighted by Crippen LogP contribution is -2.46. The number of ether oxygens (including phenoxy) is 1. The van der Waals surface area contributed by atoms with Gasteiger partial charge in [-0.1, -0.05) is 0 Å². The van der Waals surface area contributed by atoms with Crippen molar-refractivity contribution in [3.63, 3.8) is 0 Å². The van der Waals surface area contributed by atoms with E-state index in [1.807, 2.05) is 12.1 Å². The molecule has 4 heteroatoms. The monoisotopic (exact) mass is 290 g/mol. The molecule has 1 aliphatic heterocycles. The highest BCUT2D eigenvalue weighted by atomic mass is 127. The van der Waals surface area contributed by atoms with E-state index in [1.54, 1.807) is 6.20 Å². The van der Waals surface area contributed by atoms with E-state index in [0.717, 1.165) is 22.6 Å². The molecule has 1 saturated heterocycles. The van der Waals surface area contributed by atoms with Gasteiger partial charge in [-0.15, -0.1) is 0 Å². The third-order valence-electron chi connectivity index (χ3n) is 2.09. The minimum Gasteiger partial charge on any atom is -0.489 e. The largest absolute Gasteiger partial charge is 0.489 e. The van der Waals surface area contributed by atoms with Gasteiger partial charge >= 0.3 is 0 Å². The van der Waals surface area contributed by atoms with Crippen molar-refractivity contribution in [1.82, 2.24) is 10.3 Å². The van der Waals surface area contributed by atoms with E-state index in [9.17, 15) is 0 Å². The Hall–Kier alpha value is -0.360. The molecule has 0 unspecified atom stereocenters. The summed E-state index contributed by atoms with van der Waals surface area (Å²) < 4.78 is 6.54. The van der Waals surface area contributed by atoms with Crippen molar-refractivity contribution in [2.75, 3.05) is 13.2 Å². The topological polar surface area (TPSA) is 34.1 Å². The molecule has 2 rings (SSSR count). The minimum absolute atomic E-state index is 0.538. The zero-order chi connectivity index (χ0) is 9.10. The molecule has 1 atom stereocenters. The lowest BCUT2D eigenvalue weighted by atomic mass is 10.1. The Morgan fingerprint density at radius 2 is 2.54 bits per heavy atom. The number of hydrogen-bond acceptors (Lipinski definition) is 3. The standard InChI is InChI=1S/C9H11IN2O/c10-9-8(2-1-4-12-9)13-6-7-3-5-11-7/h1-2,4,7,11H,3,5-6H2/t7-/m0/s1. The number of nitrogens with zero attached hydrogens (tertiary/aromatic N) is 1. The molecule has 0 spiro atoms. The highest BCUT2D eigenvalue weighted by Gasteiger charge is 2.16. The van der Waals surface area contributed by atoms with Crippen molar-refractivity contribution < 1.29 is 4.74 Å². The molecular formula is C9H11IN2O. The van der Waals surface area contributed by atoms with E-state index >= 15 is 0 Å². The van der Waals surface area contributed by atoms with Gasteiger partial charge in [-0.2, -0.15) is 0 Å². The fraction of sp³-hybridized carbons (Fsp3) is 0.444. The smallest absolute Gasteiger partial charge is 0.151 e. The summed E-state index contributed by atoms with van der Waals surface area (Å²) in [5.41, 5.74) is 0. The van der Waals surface area contributed by atoms with Crippen LogP contribution in [0.1, 0.15) is 6.42 Å². The fourth-order valence-electron chi connectivity index (χ4n) is 1.16. The number of nitrogens with one attached hydrogen (secondary N) is 1. The molecule has 3 nitrogen and oxygen atoms in total. The maximum atomic E-state index is 5.61. The predicted molar refractivity (Wildman–Crippen MR) is 58.9 cm³/mol. The second-order valence-electron chi connectivity index (χ2n) is 3.04. The van der Waals surface area contributed by atoms with Crippen LogP contribution in [0, 0.1) is 3.70 Å². The van der Waals surface area contributed by atoms with Crippen LogP contribution in [-0.4, -0.2) is 24.2 Å². The molecule has 70 valence electrons. The summed E-state index contributed by atoms with van der Waals surface area (Å²) in [4.78, 5) is 4.14. The second-order valence-corrected chi connectivity index (χ2v) is 4.06. The third kappa shape index (κ3) is 2.31. The van der Waals surface area contributed by atoms with Crippen LogP contribution in [0.25, 0.3) is 0 Å². The zero-order valence-corrected chi connectivity index (χ0v) is 9.32. The highest BCUT2D eigenvalue weighted by molar-refractivity contribution is 14.1. The van der Waals surface area contributed by atoms with Crippen LogP contribution in [0.5, 0.6) is 5.75 Å². The van der Waals surface area contributed by atoms with Gasteiger partial charge in [0.2, 0.25) is 0 Å². The first-order chi connectivity index (χ1) is 6.36. The van der Waals surface area contributed by atoms with Gasteiger partial charge in [0.05, 0.1) is 0 Å². The maximum Gasteiger partial charge on any atom is 0.151 e. The van der Waals surface area contributed by atoms with Crippen LogP contribution in [-0.2, 0) is 0 Å². The molecule has 0 saturated carbocycles. The van der Waals surface area contributed by atoms with Gasteiger partial charge in [0, 0.05) is 12.2 Å². The molecule has 0 radical (unpaired) electrons. The van der Waals surface area contributed by atoms with Crippen LogP contribution >= 0.6 is 22.6 Å². The average molecular weight is 290 g/mol. The summed E-state index contributed by atoms with van der Waals surface area (Å²) in [6, 6.07) is 4.38. The van der Waals surface area contributed by atoms with Crippen molar-refractivity contribution in [3.8, 4) is 5.75 Å². The quantitative estimate of drug-likeness (QED) is 0.675. The van der Waals surface area contributed by atoms with Gasteiger partial charge in [0.25, 0.3) is 0 Å². The fourth-order valence-corrected chi connectivity index (χ4v) is 1.66. The van der Waals surface area contributed by atoms with Crippen LogP contribution in [0.3, 0.4) is 0 Å². The molecule has 0 aliphatic carbocycles. The zero-order valence-electron chi connectivity index (χ0n) is 7.16. The van der Waals surface area contributed by atoms with E-state index in [4.69, 9.17) is 4.74 Å².